The molecule has 0 radical (unpaired) electrons. The van der Waals surface area contributed by atoms with E-state index in [0.717, 1.165) is 25.1 Å². The number of esters is 1. The Bertz CT molecular complexity index is 567. The predicted octanol–water partition coefficient (Wildman–Crippen LogP) is 0.817. The van der Waals surface area contributed by atoms with Gasteiger partial charge in [-0.3, -0.25) is 9.59 Å². The van der Waals surface area contributed by atoms with Gasteiger partial charge in [0.25, 0.3) is 0 Å². The van der Waals surface area contributed by atoms with Crippen molar-refractivity contribution < 1.29 is 33.3 Å². The molecule has 0 saturated carbocycles. The molecule has 0 aliphatic carbocycles. The third-order valence-corrected chi connectivity index (χ3v) is 3.05. The van der Waals surface area contributed by atoms with Crippen LogP contribution in [0.25, 0.3) is 0 Å². The van der Waals surface area contributed by atoms with Crippen molar-refractivity contribution in [2.45, 2.75) is 38.5 Å². The Morgan fingerprint density at radius 1 is 1.30 bits per heavy atom. The highest BCUT2D eigenvalue weighted by molar-refractivity contribution is 5.73. The van der Waals surface area contributed by atoms with Crippen LogP contribution in [-0.2, 0) is 14.3 Å². The summed E-state index contributed by atoms with van der Waals surface area (Å²) in [4.78, 5) is 22.6. The van der Waals surface area contributed by atoms with E-state index in [9.17, 15) is 23.5 Å². The van der Waals surface area contributed by atoms with Gasteiger partial charge in [0.2, 0.25) is 5.91 Å². The molecule has 1 rings (SSSR count). The van der Waals surface area contributed by atoms with E-state index in [4.69, 9.17) is 9.84 Å². The van der Waals surface area contributed by atoms with Gasteiger partial charge in [0, 0.05) is 19.4 Å². The SMILES string of the molecule is CC(=O)N[C@@H](C[C@H](O)CO)[C@H](OC(C)=O)c1cc(F)ccc1F. The largest absolute Gasteiger partial charge is 0.455 e. The second kappa shape index (κ2) is 8.54. The molecule has 1 aromatic rings. The first-order valence-electron chi connectivity index (χ1n) is 6.92. The van der Waals surface area contributed by atoms with Crippen molar-refractivity contribution in [1.29, 1.82) is 0 Å². The molecular formula is C15H19F2NO5. The molecule has 128 valence electrons. The molecule has 3 atom stereocenters. The highest BCUT2D eigenvalue weighted by Gasteiger charge is 2.31. The molecule has 8 heteroatoms. The third-order valence-electron chi connectivity index (χ3n) is 3.05. The number of halogens is 2. The van der Waals surface area contributed by atoms with E-state index in [2.05, 4.69) is 5.32 Å². The number of rotatable bonds is 7. The summed E-state index contributed by atoms with van der Waals surface area (Å²) < 4.78 is 32.4. The lowest BCUT2D eigenvalue weighted by molar-refractivity contribution is -0.150. The van der Waals surface area contributed by atoms with Crippen molar-refractivity contribution in [3.63, 3.8) is 0 Å². The van der Waals surface area contributed by atoms with Gasteiger partial charge < -0.3 is 20.3 Å². The van der Waals surface area contributed by atoms with Gasteiger partial charge in [-0.25, -0.2) is 8.78 Å². The molecule has 3 N–H and O–H groups in total. The fourth-order valence-corrected chi connectivity index (χ4v) is 2.16. The Morgan fingerprint density at radius 3 is 2.48 bits per heavy atom. The number of amides is 1. The number of nitrogens with one attached hydrogen (secondary N) is 1. The Hall–Kier alpha value is -2.06. The van der Waals surface area contributed by atoms with Crippen LogP contribution in [0.4, 0.5) is 8.78 Å². The van der Waals surface area contributed by atoms with Crippen LogP contribution < -0.4 is 5.32 Å². The minimum Gasteiger partial charge on any atom is -0.455 e. The lowest BCUT2D eigenvalue weighted by Crippen LogP contribution is -2.42. The maximum Gasteiger partial charge on any atom is 0.303 e. The molecule has 0 aromatic heterocycles. The van der Waals surface area contributed by atoms with E-state index in [1.165, 1.54) is 6.92 Å². The molecule has 1 aromatic carbocycles. The summed E-state index contributed by atoms with van der Waals surface area (Å²) in [5.74, 6) is -2.86. The first kappa shape index (κ1) is 19.0. The molecule has 0 saturated heterocycles. The highest BCUT2D eigenvalue weighted by Crippen LogP contribution is 2.27. The first-order valence-corrected chi connectivity index (χ1v) is 6.92. The van der Waals surface area contributed by atoms with E-state index in [1.54, 1.807) is 0 Å². The van der Waals surface area contributed by atoms with Gasteiger partial charge >= 0.3 is 5.97 Å². The zero-order valence-electron chi connectivity index (χ0n) is 12.8. The smallest absolute Gasteiger partial charge is 0.303 e. The molecule has 23 heavy (non-hydrogen) atoms. The minimum atomic E-state index is -1.35. The average Bonchev–Trinajstić information content (AvgIpc) is 2.46. The van der Waals surface area contributed by atoms with Crippen molar-refractivity contribution >= 4 is 11.9 Å². The molecule has 1 amide bonds. The normalized spacial score (nSPS) is 14.7. The predicted molar refractivity (Wildman–Crippen MR) is 76.2 cm³/mol. The molecule has 6 nitrogen and oxygen atoms in total. The second-order valence-corrected chi connectivity index (χ2v) is 5.07. The number of benzene rings is 1. The maximum atomic E-state index is 14.0. The summed E-state index contributed by atoms with van der Waals surface area (Å²) in [5, 5.41) is 21.0. The van der Waals surface area contributed by atoms with Crippen molar-refractivity contribution in [1.82, 2.24) is 5.32 Å². The molecule has 0 bridgehead atoms. The van der Waals surface area contributed by atoms with E-state index in [-0.39, 0.29) is 12.0 Å². The van der Waals surface area contributed by atoms with Gasteiger partial charge in [0.05, 0.1) is 18.8 Å². The van der Waals surface area contributed by atoms with E-state index < -0.39 is 48.4 Å². The number of carbonyl (C=O) groups excluding carboxylic acids is 2. The number of hydrogen-bond acceptors (Lipinski definition) is 5. The quantitative estimate of drug-likeness (QED) is 0.643. The monoisotopic (exact) mass is 331 g/mol. The standard InChI is InChI=1S/C15H19F2NO5/c1-8(20)18-14(6-11(22)7-19)15(23-9(2)21)12-5-10(16)3-4-13(12)17/h3-5,11,14-15,19,22H,6-7H2,1-2H3,(H,18,20)/t11-,14-,15+/m0/s1. The molecule has 0 fully saturated rings. The van der Waals surface area contributed by atoms with Crippen molar-refractivity contribution in [2.75, 3.05) is 6.61 Å². The summed E-state index contributed by atoms with van der Waals surface area (Å²) in [7, 11) is 0. The molecule has 0 spiro atoms. The Labute approximate surface area is 132 Å². The summed E-state index contributed by atoms with van der Waals surface area (Å²) in [5.41, 5.74) is -0.274. The van der Waals surface area contributed by atoms with Crippen molar-refractivity contribution in [3.8, 4) is 0 Å². The van der Waals surface area contributed by atoms with Gasteiger partial charge in [0.1, 0.15) is 17.7 Å². The maximum absolute atomic E-state index is 14.0. The van der Waals surface area contributed by atoms with Gasteiger partial charge in [-0.1, -0.05) is 0 Å². The molecule has 0 aliphatic heterocycles. The third kappa shape index (κ3) is 5.91. The fourth-order valence-electron chi connectivity index (χ4n) is 2.16. The number of ether oxygens (including phenoxy) is 1. The van der Waals surface area contributed by atoms with E-state index in [1.807, 2.05) is 0 Å². The first-order chi connectivity index (χ1) is 10.7. The zero-order valence-corrected chi connectivity index (χ0v) is 12.8. The van der Waals surface area contributed by atoms with Gasteiger partial charge in [-0.15, -0.1) is 0 Å². The summed E-state index contributed by atoms with van der Waals surface area (Å²) >= 11 is 0. The molecular weight excluding hydrogens is 312 g/mol. The van der Waals surface area contributed by atoms with Crippen LogP contribution >= 0.6 is 0 Å². The van der Waals surface area contributed by atoms with Crippen molar-refractivity contribution in [3.05, 3.63) is 35.4 Å². The highest BCUT2D eigenvalue weighted by atomic mass is 19.1. The number of aliphatic hydroxyl groups excluding tert-OH is 2. The summed E-state index contributed by atoms with van der Waals surface area (Å²) in [6, 6.07) is 1.58. The molecule has 0 heterocycles. The van der Waals surface area contributed by atoms with Crippen LogP contribution in [0, 0.1) is 11.6 Å². The van der Waals surface area contributed by atoms with Gasteiger partial charge in [0.15, 0.2) is 0 Å². The van der Waals surface area contributed by atoms with Crippen LogP contribution in [0.3, 0.4) is 0 Å². The van der Waals surface area contributed by atoms with E-state index in [0.29, 0.717) is 0 Å². The number of aliphatic hydroxyl groups is 2. The van der Waals surface area contributed by atoms with Gasteiger partial charge in [-0.05, 0) is 24.6 Å². The zero-order chi connectivity index (χ0) is 17.6. The number of carbonyl (C=O) groups is 2. The summed E-state index contributed by atoms with van der Waals surface area (Å²) in [6.45, 7) is 1.66. The fraction of sp³-hybridized carbons (Fsp3) is 0.467. The van der Waals surface area contributed by atoms with Crippen LogP contribution in [0.5, 0.6) is 0 Å². The van der Waals surface area contributed by atoms with Crippen LogP contribution in [0.1, 0.15) is 31.9 Å². The van der Waals surface area contributed by atoms with Crippen LogP contribution in [0.2, 0.25) is 0 Å². The second-order valence-electron chi connectivity index (χ2n) is 5.07. The Balaban J connectivity index is 3.24. The topological polar surface area (TPSA) is 95.9 Å². The summed E-state index contributed by atoms with van der Waals surface area (Å²) in [6.07, 6.45) is -2.81. The lowest BCUT2D eigenvalue weighted by Gasteiger charge is -2.29. The van der Waals surface area contributed by atoms with Crippen LogP contribution in [0.15, 0.2) is 18.2 Å². The van der Waals surface area contributed by atoms with E-state index >= 15 is 0 Å². The van der Waals surface area contributed by atoms with Crippen LogP contribution in [-0.4, -0.2) is 40.8 Å². The lowest BCUT2D eigenvalue weighted by atomic mass is 9.96. The van der Waals surface area contributed by atoms with Crippen molar-refractivity contribution in [2.24, 2.45) is 0 Å². The molecule has 0 aliphatic rings. The Kier molecular flexibility index (Phi) is 7.05. The van der Waals surface area contributed by atoms with Gasteiger partial charge in [-0.2, -0.15) is 0 Å². The average molecular weight is 331 g/mol. The number of hydrogen-bond donors (Lipinski definition) is 3. The minimum absolute atomic E-state index is 0.218. The Morgan fingerprint density at radius 2 is 1.96 bits per heavy atom. The molecule has 0 unspecified atom stereocenters.